The molecule has 1 aliphatic carbocycles. The SMILES string of the molecule is CNC(=NC(=NC1=CC=C[C@@H]1C)c1c(-c2ccc(C#N)cc2)c(-n2c3ccccc3c3ccccc32)c(-n2c3ccccc3c3ccccc32)c(-n2c3ccccc3c3ccccc32)c1-n1c2ccccc2c2ccccc21)c1ccccc1. The zero-order valence-electron chi connectivity index (χ0n) is 46.1. The normalized spacial score (nSPS) is 13.9. The van der Waals surface area contributed by atoms with E-state index in [9.17, 15) is 5.26 Å². The lowest BCUT2D eigenvalue weighted by Crippen LogP contribution is -2.24. The number of amidine groups is 2. The minimum absolute atomic E-state index is 0.0227. The fourth-order valence-corrected chi connectivity index (χ4v) is 13.4. The Labute approximate surface area is 484 Å². The van der Waals surface area contributed by atoms with Gasteiger partial charge in [-0.05, 0) is 72.3 Å². The van der Waals surface area contributed by atoms with Gasteiger partial charge in [-0.3, -0.25) is 0 Å². The lowest BCUT2D eigenvalue weighted by Gasteiger charge is -2.31. The van der Waals surface area contributed by atoms with Crippen LogP contribution in [0.2, 0.25) is 0 Å². The molecule has 0 amide bonds. The Morgan fingerprint density at radius 2 is 0.762 bits per heavy atom. The second kappa shape index (κ2) is 19.5. The van der Waals surface area contributed by atoms with Crippen LogP contribution in [0.3, 0.4) is 0 Å². The summed E-state index contributed by atoms with van der Waals surface area (Å²) in [4.78, 5) is 11.9. The van der Waals surface area contributed by atoms with E-state index in [1.54, 1.807) is 0 Å². The highest BCUT2D eigenvalue weighted by Gasteiger charge is 2.37. The van der Waals surface area contributed by atoms with Crippen molar-refractivity contribution in [1.82, 2.24) is 23.6 Å². The summed E-state index contributed by atoms with van der Waals surface area (Å²) in [5.74, 6) is 1.13. The predicted octanol–water partition coefficient (Wildman–Crippen LogP) is 18.1. The molecule has 396 valence electrons. The van der Waals surface area contributed by atoms with Crippen molar-refractivity contribution in [2.24, 2.45) is 15.9 Å². The summed E-state index contributed by atoms with van der Waals surface area (Å²) in [6.07, 6.45) is 6.43. The number of rotatable bonds is 8. The van der Waals surface area contributed by atoms with Crippen molar-refractivity contribution in [1.29, 1.82) is 5.26 Å². The molecule has 84 heavy (non-hydrogen) atoms. The van der Waals surface area contributed by atoms with E-state index in [0.29, 0.717) is 17.2 Å². The van der Waals surface area contributed by atoms with Crippen LogP contribution in [-0.2, 0) is 0 Å². The predicted molar refractivity (Wildman–Crippen MR) is 349 cm³/mol. The molecule has 1 atom stereocenters. The van der Waals surface area contributed by atoms with E-state index in [2.05, 4.69) is 285 Å². The van der Waals surface area contributed by atoms with E-state index in [1.165, 1.54) is 0 Å². The molecule has 16 rings (SSSR count). The van der Waals surface area contributed by atoms with E-state index >= 15 is 0 Å². The molecule has 0 spiro atoms. The van der Waals surface area contributed by atoms with Gasteiger partial charge in [0.1, 0.15) is 5.84 Å². The monoisotopic (exact) mass is 1080 g/mol. The molecule has 0 radical (unpaired) electrons. The van der Waals surface area contributed by atoms with Gasteiger partial charge in [0.25, 0.3) is 0 Å². The molecule has 11 aromatic carbocycles. The maximum atomic E-state index is 10.6. The van der Waals surface area contributed by atoms with Gasteiger partial charge < -0.3 is 23.6 Å². The minimum atomic E-state index is -0.0227. The van der Waals surface area contributed by atoms with Gasteiger partial charge in [-0.25, -0.2) is 9.98 Å². The highest BCUT2D eigenvalue weighted by molar-refractivity contribution is 6.23. The second-order valence-electron chi connectivity index (χ2n) is 21.6. The van der Waals surface area contributed by atoms with Crippen LogP contribution in [0.15, 0.2) is 283 Å². The highest BCUT2D eigenvalue weighted by Crippen LogP contribution is 2.52. The number of fused-ring (bicyclic) bond motifs is 12. The first-order valence-electron chi connectivity index (χ1n) is 28.6. The number of nitrogens with zero attached hydrogens (tertiary/aromatic N) is 7. The van der Waals surface area contributed by atoms with Crippen molar-refractivity contribution in [3.05, 3.63) is 289 Å². The van der Waals surface area contributed by atoms with Gasteiger partial charge in [0.2, 0.25) is 0 Å². The van der Waals surface area contributed by atoms with Crippen LogP contribution < -0.4 is 5.32 Å². The molecule has 0 saturated heterocycles. The molecule has 0 bridgehead atoms. The van der Waals surface area contributed by atoms with Crippen LogP contribution in [0, 0.1) is 17.2 Å². The van der Waals surface area contributed by atoms with E-state index in [4.69, 9.17) is 9.98 Å². The quantitative estimate of drug-likeness (QED) is 0.122. The van der Waals surface area contributed by atoms with Gasteiger partial charge in [-0.1, -0.05) is 207 Å². The number of aromatic nitrogens is 4. The fraction of sp³-hybridized carbons (Fsp3) is 0.0395. The molecule has 15 aromatic rings. The maximum absolute atomic E-state index is 10.6. The molecule has 0 unspecified atom stereocenters. The lowest BCUT2D eigenvalue weighted by atomic mass is 9.90. The van der Waals surface area contributed by atoms with Crippen molar-refractivity contribution >= 4 is 98.9 Å². The van der Waals surface area contributed by atoms with Gasteiger partial charge in [0, 0.05) is 72.9 Å². The molecule has 0 fully saturated rings. The topological polar surface area (TPSA) is 80.3 Å². The van der Waals surface area contributed by atoms with Crippen LogP contribution in [0.1, 0.15) is 23.6 Å². The van der Waals surface area contributed by atoms with Gasteiger partial charge in [-0.2, -0.15) is 5.26 Å². The molecule has 0 saturated carbocycles. The average molecular weight is 1080 g/mol. The first-order chi connectivity index (χ1) is 41.6. The number of benzene rings is 11. The molecule has 8 heteroatoms. The van der Waals surface area contributed by atoms with Gasteiger partial charge in [0.05, 0.1) is 84.1 Å². The molecule has 0 aliphatic heterocycles. The minimum Gasteiger partial charge on any atom is -0.373 e. The molecular formula is C76H52N8. The summed E-state index contributed by atoms with van der Waals surface area (Å²) >= 11 is 0. The van der Waals surface area contributed by atoms with Crippen molar-refractivity contribution < 1.29 is 0 Å². The third kappa shape index (κ3) is 7.32. The summed E-state index contributed by atoms with van der Waals surface area (Å²) in [7, 11) is 1.94. The molecule has 1 aliphatic rings. The lowest BCUT2D eigenvalue weighted by molar-refractivity contribution is 0.865. The number of nitrogens with one attached hydrogen (secondary N) is 1. The number of aliphatic imine (C=N–C) groups is 2. The molecular weight excluding hydrogens is 1020 g/mol. The van der Waals surface area contributed by atoms with Crippen molar-refractivity contribution in [3.63, 3.8) is 0 Å². The second-order valence-corrected chi connectivity index (χ2v) is 21.6. The zero-order valence-corrected chi connectivity index (χ0v) is 46.1. The van der Waals surface area contributed by atoms with Crippen LogP contribution in [-0.4, -0.2) is 37.0 Å². The van der Waals surface area contributed by atoms with E-state index < -0.39 is 0 Å². The summed E-state index contributed by atoms with van der Waals surface area (Å²) in [5.41, 5.74) is 16.7. The summed E-state index contributed by atoms with van der Waals surface area (Å²) < 4.78 is 10.1. The number of nitriles is 1. The van der Waals surface area contributed by atoms with Crippen LogP contribution in [0.25, 0.3) is 121 Å². The Kier molecular flexibility index (Phi) is 11.3. The smallest absolute Gasteiger partial charge is 0.164 e. The first kappa shape index (κ1) is 48.6. The summed E-state index contributed by atoms with van der Waals surface area (Å²) in [6.45, 7) is 2.20. The van der Waals surface area contributed by atoms with Gasteiger partial charge in [0.15, 0.2) is 5.84 Å². The molecule has 8 nitrogen and oxygen atoms in total. The van der Waals surface area contributed by atoms with E-state index in [-0.39, 0.29) is 5.92 Å². The molecule has 1 N–H and O–H groups in total. The number of hydrogen-bond donors (Lipinski definition) is 1. The first-order valence-corrected chi connectivity index (χ1v) is 28.6. The molecule has 4 heterocycles. The van der Waals surface area contributed by atoms with E-state index in [0.717, 1.165) is 138 Å². The third-order valence-electron chi connectivity index (χ3n) is 17.0. The molecule has 4 aromatic heterocycles. The van der Waals surface area contributed by atoms with Crippen molar-refractivity contribution in [3.8, 4) is 39.9 Å². The van der Waals surface area contributed by atoms with Gasteiger partial charge in [-0.15, -0.1) is 0 Å². The Bertz CT molecular complexity index is 5170. The zero-order chi connectivity index (χ0) is 56.0. The highest BCUT2D eigenvalue weighted by atomic mass is 15.2. The van der Waals surface area contributed by atoms with Crippen molar-refractivity contribution in [2.75, 3.05) is 7.05 Å². The standard InChI is InChI=1S/C76H52N8/c1-48-23-22-34-60(48)79-76(80-75(78-2)51-24-4-3-5-25-51)70-69(50-45-43-49(47-77)44-46-50)71(81-61-35-14-6-26-52(61)53-27-7-15-36-62(53)81)73(83-65-39-18-10-30-56(65)57-31-11-19-40-66(57)83)74(84-67-41-20-12-32-58(67)59-33-13-21-42-68(59)84)72(70)82-63-37-16-8-28-54(63)55-29-9-17-38-64(55)82/h3-46,48H,1-2H3,(H,78,79,80)/t48-/m0/s1. The number of hydrogen-bond acceptors (Lipinski definition) is 2. The summed E-state index contributed by atoms with van der Waals surface area (Å²) in [6, 6.07) is 91.5. The number of allylic oxidation sites excluding steroid dienone is 3. The number of para-hydroxylation sites is 8. The van der Waals surface area contributed by atoms with Crippen LogP contribution in [0.5, 0.6) is 0 Å². The Hall–Kier alpha value is -11.3. The van der Waals surface area contributed by atoms with E-state index in [1.807, 2.05) is 25.2 Å². The Balaban J connectivity index is 1.30. The average Bonchev–Trinajstić information content (AvgIpc) is 3.04. The van der Waals surface area contributed by atoms with Crippen LogP contribution >= 0.6 is 0 Å². The third-order valence-corrected chi connectivity index (χ3v) is 17.0. The maximum Gasteiger partial charge on any atom is 0.164 e. The van der Waals surface area contributed by atoms with Crippen molar-refractivity contribution in [2.45, 2.75) is 6.92 Å². The Morgan fingerprint density at radius 3 is 1.12 bits per heavy atom. The summed E-state index contributed by atoms with van der Waals surface area (Å²) in [5, 5.41) is 23.1. The van der Waals surface area contributed by atoms with Gasteiger partial charge >= 0.3 is 0 Å². The van der Waals surface area contributed by atoms with Crippen LogP contribution in [0.4, 0.5) is 0 Å². The Morgan fingerprint density at radius 1 is 0.417 bits per heavy atom. The fourth-order valence-electron chi connectivity index (χ4n) is 13.4. The largest absolute Gasteiger partial charge is 0.373 e.